The number of thioether (sulfide) groups is 1. The van der Waals surface area contributed by atoms with Crippen molar-refractivity contribution < 1.29 is 22.7 Å². The molecule has 1 fully saturated rings. The van der Waals surface area contributed by atoms with Gasteiger partial charge in [-0.15, -0.1) is 11.8 Å². The second-order valence-electron chi connectivity index (χ2n) is 7.04. The van der Waals surface area contributed by atoms with Crippen LogP contribution in [0.25, 0.3) is 0 Å². The average Bonchev–Trinajstić information content (AvgIpc) is 2.80. The molecular formula is C22H28N2O5S2. The number of nitrogens with one attached hydrogen (secondary N) is 1. The van der Waals surface area contributed by atoms with Crippen LogP contribution in [0.4, 0.5) is 0 Å². The molecule has 9 heteroatoms. The third kappa shape index (κ3) is 6.70. The zero-order valence-corrected chi connectivity index (χ0v) is 19.2. The molecule has 1 aliphatic heterocycles. The number of carbonyl (C=O) groups excluding carboxylic acids is 1. The number of methoxy groups -OCH3 is 1. The Morgan fingerprint density at radius 1 is 1.16 bits per heavy atom. The molecule has 0 bridgehead atoms. The summed E-state index contributed by atoms with van der Waals surface area (Å²) in [6.45, 7) is 1.92. The number of carbonyl (C=O) groups is 1. The molecule has 0 unspecified atom stereocenters. The zero-order valence-electron chi connectivity index (χ0n) is 17.6. The minimum Gasteiger partial charge on any atom is -0.495 e. The van der Waals surface area contributed by atoms with Crippen LogP contribution in [-0.4, -0.2) is 64.3 Å². The topological polar surface area (TPSA) is 84.9 Å². The minimum absolute atomic E-state index is 0.0847. The fourth-order valence-corrected chi connectivity index (χ4v) is 5.70. The number of nitrogens with zero attached hydrogens (tertiary/aromatic N) is 1. The predicted octanol–water partition coefficient (Wildman–Crippen LogP) is 2.56. The Kier molecular flexibility index (Phi) is 8.77. The van der Waals surface area contributed by atoms with Crippen LogP contribution in [0.2, 0.25) is 0 Å². The van der Waals surface area contributed by atoms with Crippen LogP contribution in [-0.2, 0) is 26.0 Å². The summed E-state index contributed by atoms with van der Waals surface area (Å²) in [5.74, 6) is 1.05. The summed E-state index contributed by atoms with van der Waals surface area (Å²) >= 11 is 1.75. The van der Waals surface area contributed by atoms with Gasteiger partial charge < -0.3 is 14.8 Å². The average molecular weight is 465 g/mol. The standard InChI is InChI=1S/C22H28N2O5S2/c1-28-20-9-8-18(16-21(20)31(26,27)24-11-13-29-14-12-24)17-22(25)23-10-5-15-30-19-6-3-2-4-7-19/h2-4,6-9,16H,5,10-15,17H2,1H3,(H,23,25). The second-order valence-corrected chi connectivity index (χ2v) is 10.1. The summed E-state index contributed by atoms with van der Waals surface area (Å²) < 4.78 is 38.0. The van der Waals surface area contributed by atoms with Gasteiger partial charge in [0, 0.05) is 24.5 Å². The van der Waals surface area contributed by atoms with Crippen molar-refractivity contribution in [3.8, 4) is 5.75 Å². The van der Waals surface area contributed by atoms with E-state index in [-0.39, 0.29) is 23.0 Å². The molecule has 2 aromatic carbocycles. The van der Waals surface area contributed by atoms with Gasteiger partial charge >= 0.3 is 0 Å². The van der Waals surface area contributed by atoms with Crippen molar-refractivity contribution in [2.24, 2.45) is 0 Å². The fraction of sp³-hybridized carbons (Fsp3) is 0.409. The number of sulfonamides is 1. The summed E-state index contributed by atoms with van der Waals surface area (Å²) in [6.07, 6.45) is 0.964. The van der Waals surface area contributed by atoms with E-state index in [1.165, 1.54) is 22.4 Å². The second kappa shape index (κ2) is 11.5. The van der Waals surface area contributed by atoms with E-state index < -0.39 is 10.0 Å². The molecule has 1 saturated heterocycles. The number of hydrogen-bond acceptors (Lipinski definition) is 6. The van der Waals surface area contributed by atoms with E-state index in [2.05, 4.69) is 17.4 Å². The summed E-state index contributed by atoms with van der Waals surface area (Å²) in [5, 5.41) is 2.91. The number of hydrogen-bond donors (Lipinski definition) is 1. The normalized spacial score (nSPS) is 14.9. The highest BCUT2D eigenvalue weighted by Gasteiger charge is 2.29. The Bertz CT molecular complexity index is 961. The highest BCUT2D eigenvalue weighted by atomic mass is 32.2. The largest absolute Gasteiger partial charge is 0.495 e. The monoisotopic (exact) mass is 464 g/mol. The first kappa shape index (κ1) is 23.6. The number of morpholine rings is 1. The van der Waals surface area contributed by atoms with Crippen LogP contribution in [0.1, 0.15) is 12.0 Å². The van der Waals surface area contributed by atoms with Crippen molar-refractivity contribution in [3.63, 3.8) is 0 Å². The van der Waals surface area contributed by atoms with Gasteiger partial charge in [-0.25, -0.2) is 8.42 Å². The van der Waals surface area contributed by atoms with Crippen LogP contribution >= 0.6 is 11.8 Å². The summed E-state index contributed by atoms with van der Waals surface area (Å²) in [7, 11) is -2.28. The molecule has 3 rings (SSSR count). The highest BCUT2D eigenvalue weighted by Crippen LogP contribution is 2.28. The maximum atomic E-state index is 13.1. The third-order valence-corrected chi connectivity index (χ3v) is 7.85. The van der Waals surface area contributed by atoms with Gasteiger partial charge in [0.05, 0.1) is 26.7 Å². The lowest BCUT2D eigenvalue weighted by atomic mass is 10.1. The number of amides is 1. The van der Waals surface area contributed by atoms with E-state index >= 15 is 0 Å². The summed E-state index contributed by atoms with van der Waals surface area (Å²) in [4.78, 5) is 13.6. The molecule has 168 valence electrons. The van der Waals surface area contributed by atoms with Crippen molar-refractivity contribution >= 4 is 27.7 Å². The number of rotatable bonds is 10. The molecule has 0 saturated carbocycles. The molecule has 1 amide bonds. The molecule has 2 aromatic rings. The van der Waals surface area contributed by atoms with Crippen molar-refractivity contribution in [2.75, 3.05) is 45.7 Å². The van der Waals surface area contributed by atoms with Crippen LogP contribution in [0.5, 0.6) is 5.75 Å². The molecule has 0 aliphatic carbocycles. The van der Waals surface area contributed by atoms with Gasteiger partial charge in [-0.05, 0) is 42.0 Å². The highest BCUT2D eigenvalue weighted by molar-refractivity contribution is 7.99. The molecular weight excluding hydrogens is 436 g/mol. The van der Waals surface area contributed by atoms with Gasteiger partial charge in [0.2, 0.25) is 15.9 Å². The number of benzene rings is 2. The Hall–Kier alpha value is -2.07. The van der Waals surface area contributed by atoms with E-state index in [9.17, 15) is 13.2 Å². The van der Waals surface area contributed by atoms with E-state index in [0.29, 0.717) is 38.4 Å². The van der Waals surface area contributed by atoms with Crippen molar-refractivity contribution in [1.82, 2.24) is 9.62 Å². The summed E-state index contributed by atoms with van der Waals surface area (Å²) in [5.41, 5.74) is 0.629. The Labute approximate surface area is 188 Å². The minimum atomic E-state index is -3.72. The molecule has 7 nitrogen and oxygen atoms in total. The fourth-order valence-electron chi connectivity index (χ4n) is 3.21. The molecule has 1 aliphatic rings. The van der Waals surface area contributed by atoms with E-state index in [1.807, 2.05) is 18.2 Å². The van der Waals surface area contributed by atoms with Gasteiger partial charge in [0.25, 0.3) is 0 Å². The number of ether oxygens (including phenoxy) is 2. The summed E-state index contributed by atoms with van der Waals surface area (Å²) in [6, 6.07) is 15.0. The van der Waals surface area contributed by atoms with E-state index in [1.54, 1.807) is 23.9 Å². The van der Waals surface area contributed by atoms with E-state index in [4.69, 9.17) is 9.47 Å². The lowest BCUT2D eigenvalue weighted by Crippen LogP contribution is -2.40. The van der Waals surface area contributed by atoms with Crippen LogP contribution < -0.4 is 10.1 Å². The lowest BCUT2D eigenvalue weighted by molar-refractivity contribution is -0.120. The van der Waals surface area contributed by atoms with Gasteiger partial charge in [0.15, 0.2) is 0 Å². The van der Waals surface area contributed by atoms with Gasteiger partial charge in [-0.2, -0.15) is 4.31 Å². The van der Waals surface area contributed by atoms with Crippen LogP contribution in [0, 0.1) is 0 Å². The zero-order chi connectivity index (χ0) is 22.1. The Morgan fingerprint density at radius 2 is 1.90 bits per heavy atom. The first-order valence-electron chi connectivity index (χ1n) is 10.2. The van der Waals surface area contributed by atoms with Crippen LogP contribution in [0.3, 0.4) is 0 Å². The molecule has 0 aromatic heterocycles. The molecule has 1 heterocycles. The first-order chi connectivity index (χ1) is 15.0. The first-order valence-corrected chi connectivity index (χ1v) is 12.6. The maximum Gasteiger partial charge on any atom is 0.246 e. The molecule has 31 heavy (non-hydrogen) atoms. The Balaban J connectivity index is 1.55. The van der Waals surface area contributed by atoms with Crippen molar-refractivity contribution in [3.05, 3.63) is 54.1 Å². The SMILES string of the molecule is COc1ccc(CC(=O)NCCCSc2ccccc2)cc1S(=O)(=O)N1CCOCC1. The molecule has 0 spiro atoms. The van der Waals surface area contributed by atoms with Crippen molar-refractivity contribution in [2.45, 2.75) is 22.6 Å². The smallest absolute Gasteiger partial charge is 0.246 e. The van der Waals surface area contributed by atoms with Crippen LogP contribution in [0.15, 0.2) is 58.3 Å². The molecule has 0 atom stereocenters. The Morgan fingerprint density at radius 3 is 2.61 bits per heavy atom. The lowest BCUT2D eigenvalue weighted by Gasteiger charge is -2.26. The van der Waals surface area contributed by atoms with Gasteiger partial charge in [-0.1, -0.05) is 24.3 Å². The molecule has 0 radical (unpaired) electrons. The van der Waals surface area contributed by atoms with Gasteiger partial charge in [-0.3, -0.25) is 4.79 Å². The maximum absolute atomic E-state index is 13.1. The van der Waals surface area contributed by atoms with E-state index in [0.717, 1.165) is 12.2 Å². The van der Waals surface area contributed by atoms with Crippen molar-refractivity contribution in [1.29, 1.82) is 0 Å². The predicted molar refractivity (Wildman–Crippen MR) is 121 cm³/mol. The van der Waals surface area contributed by atoms with Gasteiger partial charge in [0.1, 0.15) is 10.6 Å². The quantitative estimate of drug-likeness (QED) is 0.430. The third-order valence-electron chi connectivity index (χ3n) is 4.84. The molecule has 1 N–H and O–H groups in total.